The number of aromatic nitrogens is 4. The number of H-pyrrole nitrogens is 1. The molecule has 3 aromatic rings. The van der Waals surface area contributed by atoms with E-state index < -0.39 is 5.54 Å². The molecule has 32 heavy (non-hydrogen) atoms. The van der Waals surface area contributed by atoms with Crippen LogP contribution in [0.1, 0.15) is 51.0 Å². The van der Waals surface area contributed by atoms with Crippen LogP contribution in [0.25, 0.3) is 22.5 Å². The minimum Gasteiger partial charge on any atom is -0.350 e. The van der Waals surface area contributed by atoms with E-state index in [1.165, 1.54) is 0 Å². The zero-order valence-electron chi connectivity index (χ0n) is 18.2. The molecule has 8 nitrogen and oxygen atoms in total. The summed E-state index contributed by atoms with van der Waals surface area (Å²) in [5.41, 5.74) is 3.14. The molecule has 0 atom stereocenters. The average Bonchev–Trinajstić information content (AvgIpc) is 3.38. The number of aromatic amines is 1. The Balaban J connectivity index is 1.46. The molecule has 1 fully saturated rings. The van der Waals surface area contributed by atoms with Crippen molar-refractivity contribution in [3.05, 3.63) is 54.1 Å². The molecule has 1 aliphatic carbocycles. The molecule has 1 aromatic heterocycles. The maximum Gasteiger partial charge on any atom is 0.246 e. The van der Waals surface area contributed by atoms with E-state index in [-0.39, 0.29) is 11.8 Å². The lowest BCUT2D eigenvalue weighted by atomic mass is 9.80. The fourth-order valence-corrected chi connectivity index (χ4v) is 4.28. The summed E-state index contributed by atoms with van der Waals surface area (Å²) in [5.74, 6) is 0.376. The third kappa shape index (κ3) is 4.69. The standard InChI is InChI=1S/C24H28N6O2/c1-2-21(31)26-24(14-6-3-7-15-24)23(32)25-16-17-10-12-18(13-11-17)19-8-4-5-9-20(19)22-27-29-30-28-22/h4-5,8-13H,2-3,6-7,14-16H2,1H3,(H,25,32)(H,26,31)(H,27,28,29,30). The molecule has 8 heteroatoms. The lowest BCUT2D eigenvalue weighted by Gasteiger charge is -2.36. The second kappa shape index (κ2) is 9.72. The molecule has 3 N–H and O–H groups in total. The van der Waals surface area contributed by atoms with Crippen molar-refractivity contribution in [3.8, 4) is 22.5 Å². The van der Waals surface area contributed by atoms with E-state index in [0.29, 0.717) is 31.6 Å². The van der Waals surface area contributed by atoms with Crippen molar-refractivity contribution in [1.29, 1.82) is 0 Å². The van der Waals surface area contributed by atoms with E-state index >= 15 is 0 Å². The minimum absolute atomic E-state index is 0.0772. The highest BCUT2D eigenvalue weighted by atomic mass is 16.2. The number of benzene rings is 2. The number of rotatable bonds is 7. The number of tetrazole rings is 1. The summed E-state index contributed by atoms with van der Waals surface area (Å²) >= 11 is 0. The Labute approximate surface area is 187 Å². The third-order valence-corrected chi connectivity index (χ3v) is 6.07. The molecule has 0 saturated heterocycles. The van der Waals surface area contributed by atoms with Gasteiger partial charge in [0.05, 0.1) is 0 Å². The smallest absolute Gasteiger partial charge is 0.246 e. The van der Waals surface area contributed by atoms with Gasteiger partial charge in [-0.3, -0.25) is 9.59 Å². The first kappa shape index (κ1) is 21.7. The maximum atomic E-state index is 13.1. The van der Waals surface area contributed by atoms with Crippen molar-refractivity contribution >= 4 is 11.8 Å². The number of carbonyl (C=O) groups is 2. The van der Waals surface area contributed by atoms with Gasteiger partial charge in [0.2, 0.25) is 17.6 Å². The average molecular weight is 433 g/mol. The van der Waals surface area contributed by atoms with Crippen LogP contribution in [0.15, 0.2) is 48.5 Å². The molecule has 1 heterocycles. The molecule has 4 rings (SSSR count). The predicted octanol–water partition coefficient (Wildman–Crippen LogP) is 3.38. The predicted molar refractivity (Wildman–Crippen MR) is 121 cm³/mol. The second-order valence-electron chi connectivity index (χ2n) is 8.21. The van der Waals surface area contributed by atoms with Crippen LogP contribution in [0.2, 0.25) is 0 Å². The van der Waals surface area contributed by atoms with E-state index in [0.717, 1.165) is 41.5 Å². The highest BCUT2D eigenvalue weighted by Gasteiger charge is 2.40. The van der Waals surface area contributed by atoms with Crippen molar-refractivity contribution in [2.24, 2.45) is 0 Å². The lowest BCUT2D eigenvalue weighted by molar-refractivity contribution is -0.135. The van der Waals surface area contributed by atoms with Gasteiger partial charge >= 0.3 is 0 Å². The number of amides is 2. The Morgan fingerprint density at radius 3 is 2.38 bits per heavy atom. The van der Waals surface area contributed by atoms with Crippen LogP contribution in [-0.2, 0) is 16.1 Å². The molecule has 166 valence electrons. The minimum atomic E-state index is -0.783. The maximum absolute atomic E-state index is 13.1. The van der Waals surface area contributed by atoms with Gasteiger partial charge in [-0.05, 0) is 34.7 Å². The van der Waals surface area contributed by atoms with E-state index in [2.05, 4.69) is 31.3 Å². The van der Waals surface area contributed by atoms with Gasteiger partial charge in [-0.1, -0.05) is 74.7 Å². The molecule has 0 aliphatic heterocycles. The molecule has 0 bridgehead atoms. The molecule has 0 radical (unpaired) electrons. The summed E-state index contributed by atoms with van der Waals surface area (Å²) < 4.78 is 0. The molecule has 1 saturated carbocycles. The Bertz CT molecular complexity index is 1060. The Kier molecular flexibility index (Phi) is 6.58. The molecular formula is C24H28N6O2. The molecular weight excluding hydrogens is 404 g/mol. The molecule has 0 spiro atoms. The Hall–Kier alpha value is -3.55. The number of carbonyl (C=O) groups excluding carboxylic acids is 2. The largest absolute Gasteiger partial charge is 0.350 e. The highest BCUT2D eigenvalue weighted by Crippen LogP contribution is 2.30. The second-order valence-corrected chi connectivity index (χ2v) is 8.21. The van der Waals surface area contributed by atoms with E-state index in [9.17, 15) is 9.59 Å². The van der Waals surface area contributed by atoms with Crippen molar-refractivity contribution in [3.63, 3.8) is 0 Å². The number of nitrogens with one attached hydrogen (secondary N) is 3. The van der Waals surface area contributed by atoms with Crippen LogP contribution in [0.3, 0.4) is 0 Å². The molecule has 2 amide bonds. The fraction of sp³-hybridized carbons (Fsp3) is 0.375. The highest BCUT2D eigenvalue weighted by molar-refractivity contribution is 5.91. The Morgan fingerprint density at radius 1 is 1.00 bits per heavy atom. The van der Waals surface area contributed by atoms with Gasteiger partial charge in [-0.2, -0.15) is 5.21 Å². The summed E-state index contributed by atoms with van der Waals surface area (Å²) in [4.78, 5) is 25.1. The summed E-state index contributed by atoms with van der Waals surface area (Å²) in [6.45, 7) is 2.22. The summed E-state index contributed by atoms with van der Waals surface area (Å²) in [7, 11) is 0. The SMILES string of the molecule is CCC(=O)NC1(C(=O)NCc2ccc(-c3ccccc3-c3nn[nH]n3)cc2)CCCCC1. The van der Waals surface area contributed by atoms with Gasteiger partial charge in [-0.25, -0.2) is 0 Å². The van der Waals surface area contributed by atoms with Gasteiger partial charge in [0.15, 0.2) is 0 Å². The lowest BCUT2D eigenvalue weighted by Crippen LogP contribution is -2.59. The van der Waals surface area contributed by atoms with E-state index in [1.54, 1.807) is 0 Å². The summed E-state index contributed by atoms with van der Waals surface area (Å²) in [6.07, 6.45) is 4.76. The van der Waals surface area contributed by atoms with Crippen LogP contribution in [0.5, 0.6) is 0 Å². The van der Waals surface area contributed by atoms with Gasteiger partial charge in [0, 0.05) is 18.5 Å². The van der Waals surface area contributed by atoms with Gasteiger partial charge in [0.1, 0.15) is 5.54 Å². The quantitative estimate of drug-likeness (QED) is 0.530. The third-order valence-electron chi connectivity index (χ3n) is 6.07. The van der Waals surface area contributed by atoms with Gasteiger partial charge in [-0.15, -0.1) is 10.2 Å². The van der Waals surface area contributed by atoms with Crippen molar-refractivity contribution in [2.75, 3.05) is 0 Å². The number of hydrogen-bond acceptors (Lipinski definition) is 5. The van der Waals surface area contributed by atoms with Crippen LogP contribution in [0, 0.1) is 0 Å². The number of hydrogen-bond donors (Lipinski definition) is 3. The monoisotopic (exact) mass is 432 g/mol. The van der Waals surface area contributed by atoms with E-state index in [4.69, 9.17) is 0 Å². The topological polar surface area (TPSA) is 113 Å². The first-order valence-electron chi connectivity index (χ1n) is 11.1. The van der Waals surface area contributed by atoms with Crippen LogP contribution in [0.4, 0.5) is 0 Å². The fourth-order valence-electron chi connectivity index (χ4n) is 4.28. The number of nitrogens with zero attached hydrogens (tertiary/aromatic N) is 3. The zero-order valence-corrected chi connectivity index (χ0v) is 18.2. The van der Waals surface area contributed by atoms with Crippen LogP contribution >= 0.6 is 0 Å². The van der Waals surface area contributed by atoms with Crippen molar-refractivity contribution in [1.82, 2.24) is 31.3 Å². The summed E-state index contributed by atoms with van der Waals surface area (Å²) in [6, 6.07) is 15.9. The summed E-state index contributed by atoms with van der Waals surface area (Å²) in [5, 5.41) is 20.4. The van der Waals surface area contributed by atoms with Crippen molar-refractivity contribution in [2.45, 2.75) is 57.5 Å². The van der Waals surface area contributed by atoms with Gasteiger partial charge in [0.25, 0.3) is 0 Å². The van der Waals surface area contributed by atoms with Gasteiger partial charge < -0.3 is 10.6 Å². The van der Waals surface area contributed by atoms with E-state index in [1.807, 2.05) is 55.5 Å². The molecule has 1 aliphatic rings. The molecule has 2 aromatic carbocycles. The normalized spacial score (nSPS) is 15.2. The van der Waals surface area contributed by atoms with Crippen LogP contribution < -0.4 is 10.6 Å². The first-order chi connectivity index (χ1) is 15.6. The first-order valence-corrected chi connectivity index (χ1v) is 11.1. The zero-order chi connectivity index (χ0) is 22.4. The van der Waals surface area contributed by atoms with Crippen LogP contribution in [-0.4, -0.2) is 38.0 Å². The molecule has 0 unspecified atom stereocenters. The van der Waals surface area contributed by atoms with Crippen molar-refractivity contribution < 1.29 is 9.59 Å². The Morgan fingerprint density at radius 2 is 1.72 bits per heavy atom.